The Hall–Kier alpha value is -1.39. The maximum atomic E-state index is 12.0. The average molecular weight is 266 g/mol. The molecule has 0 amide bonds. The molecule has 0 atom stereocenters. The van der Waals surface area contributed by atoms with Gasteiger partial charge < -0.3 is 0 Å². The molecule has 1 aliphatic rings. The fraction of sp³-hybridized carbons (Fsp3) is 0.286. The van der Waals surface area contributed by atoms with Gasteiger partial charge in [-0.2, -0.15) is 8.42 Å². The van der Waals surface area contributed by atoms with E-state index < -0.39 is 16.7 Å². The molecule has 0 aliphatic heterocycles. The van der Waals surface area contributed by atoms with Crippen molar-refractivity contribution in [3.63, 3.8) is 0 Å². The Morgan fingerprint density at radius 3 is 2.44 bits per heavy atom. The van der Waals surface area contributed by atoms with E-state index >= 15 is 0 Å². The van der Waals surface area contributed by atoms with Crippen molar-refractivity contribution in [3.8, 4) is 0 Å². The molecule has 2 rings (SSSR count). The second kappa shape index (κ2) is 5.50. The maximum Gasteiger partial charge on any atom is 0.296 e. The molecule has 0 radical (unpaired) electrons. The third-order valence-electron chi connectivity index (χ3n) is 2.63. The Morgan fingerprint density at radius 1 is 1.22 bits per heavy atom. The smallest absolute Gasteiger partial charge is 0.266 e. The van der Waals surface area contributed by atoms with Gasteiger partial charge in [0, 0.05) is 0 Å². The zero-order valence-corrected chi connectivity index (χ0v) is 10.9. The molecule has 4 heteroatoms. The van der Waals surface area contributed by atoms with Gasteiger partial charge in [-0.15, -0.1) is 0 Å². The van der Waals surface area contributed by atoms with E-state index in [1.807, 2.05) is 6.92 Å². The Balaban J connectivity index is 2.12. The van der Waals surface area contributed by atoms with Gasteiger partial charge in [0.25, 0.3) is 10.1 Å². The lowest BCUT2D eigenvalue weighted by molar-refractivity contribution is 0.304. The summed E-state index contributed by atoms with van der Waals surface area (Å²) in [5.74, 6) is -0.141. The molecule has 18 heavy (non-hydrogen) atoms. The van der Waals surface area contributed by atoms with Crippen molar-refractivity contribution in [2.24, 2.45) is 5.92 Å². The quantitative estimate of drug-likeness (QED) is 0.770. The third-order valence-corrected chi connectivity index (χ3v) is 3.81. The summed E-state index contributed by atoms with van der Waals surface area (Å²) in [5.41, 5.74) is 0.924. The number of rotatable bonds is 5. The second-order valence-corrected chi connectivity index (χ2v) is 5.68. The molecule has 3 nitrogen and oxygen atoms in total. The predicted molar refractivity (Wildman–Crippen MR) is 70.7 cm³/mol. The monoisotopic (exact) mass is 266 g/mol. The lowest BCUT2D eigenvalue weighted by atomic mass is 10.1. The summed E-state index contributed by atoms with van der Waals surface area (Å²) in [6.45, 7) is -0.400. The van der Waals surface area contributed by atoms with Crippen LogP contribution in [-0.4, -0.2) is 15.0 Å². The molecule has 1 aliphatic carbocycles. The van der Waals surface area contributed by atoms with Crippen molar-refractivity contribution in [1.82, 2.24) is 0 Å². The van der Waals surface area contributed by atoms with Crippen LogP contribution >= 0.6 is 0 Å². The molecule has 0 aromatic heterocycles. The van der Waals surface area contributed by atoms with Gasteiger partial charge in [0.15, 0.2) is 0 Å². The number of benzene rings is 1. The molecule has 0 unspecified atom stereocenters. The zero-order valence-electron chi connectivity index (χ0n) is 12.0. The van der Waals surface area contributed by atoms with Crippen LogP contribution < -0.4 is 0 Å². The van der Waals surface area contributed by atoms with Crippen LogP contribution in [0.2, 0.25) is 0 Å². The van der Waals surface area contributed by atoms with Gasteiger partial charge >= 0.3 is 0 Å². The average Bonchev–Trinajstić information content (AvgIpc) is 2.79. The van der Waals surface area contributed by atoms with E-state index in [0.717, 1.165) is 5.56 Å². The number of allylic oxidation sites excluding steroid dienone is 4. The molecule has 0 spiro atoms. The van der Waals surface area contributed by atoms with E-state index in [0.29, 0.717) is 0 Å². The van der Waals surface area contributed by atoms with Crippen LogP contribution in [0.25, 0.3) is 0 Å². The predicted octanol–water partition coefficient (Wildman–Crippen LogP) is 2.83. The highest BCUT2D eigenvalue weighted by atomic mass is 32.2. The Labute approximate surface area is 111 Å². The Morgan fingerprint density at radius 2 is 1.83 bits per heavy atom. The van der Waals surface area contributed by atoms with Gasteiger partial charge in [0.1, 0.15) is 0 Å². The molecular weight excluding hydrogens is 248 g/mol. The van der Waals surface area contributed by atoms with E-state index in [4.69, 9.17) is 6.92 Å². The lowest BCUT2D eigenvalue weighted by Gasteiger charge is -2.07. The van der Waals surface area contributed by atoms with Crippen molar-refractivity contribution >= 4 is 10.1 Å². The summed E-state index contributed by atoms with van der Waals surface area (Å²) in [5, 5.41) is 0. The topological polar surface area (TPSA) is 43.4 Å². The zero-order chi connectivity index (χ0) is 14.8. The number of aryl methyl sites for hydroxylation is 1. The number of hydrogen-bond donors (Lipinski definition) is 0. The molecule has 1 aromatic carbocycles. The fourth-order valence-electron chi connectivity index (χ4n) is 1.57. The summed E-state index contributed by atoms with van der Waals surface area (Å²) in [6, 6.07) is 6.12. The normalized spacial score (nSPS) is 17.8. The minimum atomic E-state index is -4.10. The summed E-state index contributed by atoms with van der Waals surface area (Å²) in [6.07, 6.45) is 7.18. The fourth-order valence-corrected chi connectivity index (χ4v) is 2.36. The highest BCUT2D eigenvalue weighted by molar-refractivity contribution is 7.86. The van der Waals surface area contributed by atoms with Crippen LogP contribution in [0.1, 0.15) is 14.7 Å². The first-order valence-electron chi connectivity index (χ1n) is 6.66. The van der Waals surface area contributed by atoms with E-state index in [1.54, 1.807) is 36.4 Å². The first kappa shape index (κ1) is 10.5. The second-order valence-electron chi connectivity index (χ2n) is 4.13. The van der Waals surface area contributed by atoms with E-state index in [9.17, 15) is 8.42 Å². The summed E-state index contributed by atoms with van der Waals surface area (Å²) in [4.78, 5) is -0.0375. The van der Waals surface area contributed by atoms with Crippen molar-refractivity contribution < 1.29 is 15.3 Å². The van der Waals surface area contributed by atoms with Crippen LogP contribution in [0.4, 0.5) is 0 Å². The minimum Gasteiger partial charge on any atom is -0.266 e. The highest BCUT2D eigenvalue weighted by Gasteiger charge is 2.15. The summed E-state index contributed by atoms with van der Waals surface area (Å²) in [7, 11) is -4.10. The molecule has 0 saturated heterocycles. The Bertz CT molecular complexity index is 619. The van der Waals surface area contributed by atoms with Gasteiger partial charge in [-0.1, -0.05) is 42.0 Å². The largest absolute Gasteiger partial charge is 0.296 e. The lowest BCUT2D eigenvalue weighted by Crippen LogP contribution is -2.09. The first-order valence-corrected chi connectivity index (χ1v) is 7.07. The van der Waals surface area contributed by atoms with E-state index in [-0.39, 0.29) is 17.2 Å². The molecule has 0 fully saturated rings. The van der Waals surface area contributed by atoms with Gasteiger partial charge in [-0.05, 0) is 31.4 Å². The van der Waals surface area contributed by atoms with E-state index in [2.05, 4.69) is 0 Å². The molecule has 0 N–H and O–H groups in total. The summed E-state index contributed by atoms with van der Waals surface area (Å²) < 4.78 is 44.3. The van der Waals surface area contributed by atoms with Crippen LogP contribution in [0.3, 0.4) is 0 Å². The van der Waals surface area contributed by atoms with Gasteiger partial charge in [0.05, 0.1) is 14.2 Å². The highest BCUT2D eigenvalue weighted by Crippen LogP contribution is 2.17. The standard InChI is InChI=1S/C14H16O3S/c1-12-6-8-14(9-7-12)18(15,16)17-11-10-13-4-2-3-5-13/h2-9,13H,10-11H2,1H3/i11D2. The summed E-state index contributed by atoms with van der Waals surface area (Å²) >= 11 is 0. The molecule has 1 aromatic rings. The van der Waals surface area contributed by atoms with Gasteiger partial charge in [-0.25, -0.2) is 0 Å². The van der Waals surface area contributed by atoms with Crippen LogP contribution in [0.15, 0.2) is 53.5 Å². The SMILES string of the molecule is [2H]C([2H])(CC1C=CC=C1)OS(=O)(=O)c1ccc(C)cc1. The maximum absolute atomic E-state index is 12.0. The first-order chi connectivity index (χ1) is 9.28. The third kappa shape index (κ3) is 3.31. The van der Waals surface area contributed by atoms with E-state index in [1.165, 1.54) is 12.1 Å². The van der Waals surface area contributed by atoms with Crippen molar-refractivity contribution in [3.05, 3.63) is 54.1 Å². The molecule has 0 saturated carbocycles. The van der Waals surface area contributed by atoms with Crippen LogP contribution in [0, 0.1) is 12.8 Å². The van der Waals surface area contributed by atoms with Crippen molar-refractivity contribution in [2.45, 2.75) is 18.2 Å². The van der Waals surface area contributed by atoms with Crippen LogP contribution in [-0.2, 0) is 14.3 Å². The molecule has 0 heterocycles. The van der Waals surface area contributed by atoms with Gasteiger partial charge in [0.2, 0.25) is 0 Å². The van der Waals surface area contributed by atoms with Crippen molar-refractivity contribution in [2.75, 3.05) is 6.56 Å². The molecule has 0 bridgehead atoms. The minimum absolute atomic E-state index is 0.0366. The molecular formula is C14H16O3S. The van der Waals surface area contributed by atoms with Gasteiger partial charge in [-0.3, -0.25) is 4.18 Å². The van der Waals surface area contributed by atoms with Crippen LogP contribution in [0.5, 0.6) is 0 Å². The number of hydrogen-bond acceptors (Lipinski definition) is 3. The molecule has 96 valence electrons. The van der Waals surface area contributed by atoms with Crippen molar-refractivity contribution in [1.29, 1.82) is 0 Å². The Kier molecular flexibility index (Phi) is 3.22.